The minimum absolute atomic E-state index is 0.728. The van der Waals surface area contributed by atoms with Gasteiger partial charge in [-0.2, -0.15) is 0 Å². The Hall–Kier alpha value is -6.89. The molecule has 5 heteroatoms. The third-order valence-corrected chi connectivity index (χ3v) is 18.2. The number of benzene rings is 9. The monoisotopic (exact) mass is 805 g/mol. The van der Waals surface area contributed by atoms with Crippen molar-refractivity contribution in [3.63, 3.8) is 0 Å². The van der Waals surface area contributed by atoms with Gasteiger partial charge in [-0.1, -0.05) is 249 Å². The van der Waals surface area contributed by atoms with Gasteiger partial charge in [-0.25, -0.2) is 14.0 Å². The van der Waals surface area contributed by atoms with Crippen LogP contribution in [0.3, 0.4) is 0 Å². The highest BCUT2D eigenvalue weighted by Crippen LogP contribution is 2.65. The fourth-order valence-corrected chi connectivity index (χ4v) is 15.7. The van der Waals surface area contributed by atoms with Crippen molar-refractivity contribution in [2.45, 2.75) is 0 Å². The van der Waals surface area contributed by atoms with Gasteiger partial charge in [-0.15, -0.1) is 0 Å². The van der Waals surface area contributed by atoms with E-state index in [2.05, 4.69) is 249 Å². The van der Waals surface area contributed by atoms with Crippen molar-refractivity contribution in [1.82, 2.24) is 0 Å². The molecule has 0 spiro atoms. The maximum Gasteiger partial charge on any atom is 0.161 e. The Morgan fingerprint density at radius 2 is 0.450 bits per heavy atom. The Morgan fingerprint density at radius 3 is 0.733 bits per heavy atom. The maximum atomic E-state index is 6.28. The molecule has 0 N–H and O–H groups in total. The summed E-state index contributed by atoms with van der Waals surface area (Å²) in [6.45, 7) is 0. The van der Waals surface area contributed by atoms with Gasteiger partial charge < -0.3 is 0 Å². The van der Waals surface area contributed by atoms with Gasteiger partial charge in [0, 0.05) is 26.8 Å². The summed E-state index contributed by atoms with van der Waals surface area (Å²) in [6, 6.07) is 88.6. The predicted octanol–water partition coefficient (Wildman–Crippen LogP) is 13.6. The molecule has 0 amide bonds. The normalized spacial score (nSPS) is 14.0. The van der Waals surface area contributed by atoms with E-state index in [1.54, 1.807) is 0 Å². The fraction of sp³-hybridized carbons (Fsp3) is 0. The number of hydrogen-bond donors (Lipinski definition) is 0. The average molecular weight is 806 g/mol. The van der Waals surface area contributed by atoms with E-state index in [-0.39, 0.29) is 0 Å². The lowest BCUT2D eigenvalue weighted by atomic mass is 10.1. The highest BCUT2D eigenvalue weighted by molar-refractivity contribution is 7.91. The summed E-state index contributed by atoms with van der Waals surface area (Å²) >= 11 is 0. The van der Waals surface area contributed by atoms with Crippen molar-refractivity contribution in [3.05, 3.63) is 254 Å². The van der Waals surface area contributed by atoms with E-state index in [1.807, 2.05) is 0 Å². The molecule has 0 saturated heterocycles. The lowest BCUT2D eigenvalue weighted by Crippen LogP contribution is -2.23. The molecule has 1 aliphatic rings. The van der Waals surface area contributed by atoms with E-state index in [9.17, 15) is 0 Å². The lowest BCUT2D eigenvalue weighted by Gasteiger charge is -2.33. The van der Waals surface area contributed by atoms with Gasteiger partial charge >= 0.3 is 0 Å². The summed E-state index contributed by atoms with van der Waals surface area (Å²) in [4.78, 5) is 0. The van der Waals surface area contributed by atoms with Gasteiger partial charge in [0.2, 0.25) is 0 Å². The average Bonchev–Trinajstić information content (AvgIpc) is 3.35. The fourth-order valence-electron chi connectivity index (χ4n) is 7.93. The molecule has 0 bridgehead atoms. The van der Waals surface area contributed by atoms with Gasteiger partial charge in [0.05, 0.1) is 0 Å². The molecule has 3 nitrogen and oxygen atoms in total. The second kappa shape index (κ2) is 16.4. The van der Waals surface area contributed by atoms with Crippen LogP contribution in [0.15, 0.2) is 263 Å². The number of rotatable bonds is 9. The zero-order valence-corrected chi connectivity index (χ0v) is 34.7. The largest absolute Gasteiger partial charge is 0.223 e. The number of amidine groups is 1. The van der Waals surface area contributed by atoms with Crippen LogP contribution in [0.4, 0.5) is 0 Å². The van der Waals surface area contributed by atoms with Gasteiger partial charge in [0.1, 0.15) is 14.4 Å². The highest BCUT2D eigenvalue weighted by atomic mass is 31.2. The van der Waals surface area contributed by atoms with Crippen molar-refractivity contribution in [2.75, 3.05) is 0 Å². The summed E-state index contributed by atoms with van der Waals surface area (Å²) in [5, 5.41) is 4.35. The smallest absolute Gasteiger partial charge is 0.161 e. The molecule has 0 unspecified atom stereocenters. The molecule has 9 aromatic carbocycles. The minimum Gasteiger partial charge on any atom is -0.223 e. The van der Waals surface area contributed by atoms with Gasteiger partial charge in [-0.05, 0) is 44.5 Å². The Morgan fingerprint density at radius 1 is 0.217 bits per heavy atom. The molecule has 0 saturated carbocycles. The molecule has 0 aromatic heterocycles. The van der Waals surface area contributed by atoms with Crippen LogP contribution in [0.5, 0.6) is 0 Å². The van der Waals surface area contributed by atoms with Crippen LogP contribution in [0, 0.1) is 0 Å². The molecule has 9 aromatic rings. The van der Waals surface area contributed by atoms with Gasteiger partial charge in [0.25, 0.3) is 0 Å². The molecule has 0 aliphatic carbocycles. The van der Waals surface area contributed by atoms with E-state index in [0.717, 1.165) is 54.9 Å². The Kier molecular flexibility index (Phi) is 10.2. The molecular weight excluding hydrogens is 765 g/mol. The quantitative estimate of drug-likeness (QED) is 0.130. The first-order valence-corrected chi connectivity index (χ1v) is 23.6. The van der Waals surface area contributed by atoms with Crippen molar-refractivity contribution >= 4 is 41.5 Å². The molecule has 1 aliphatic heterocycles. The van der Waals surface area contributed by atoms with Crippen LogP contribution < -0.4 is 21.2 Å². The molecule has 10 rings (SSSR count). The van der Waals surface area contributed by atoms with Gasteiger partial charge in [0.15, 0.2) is 5.84 Å². The summed E-state index contributed by atoms with van der Waals surface area (Å²) in [5.41, 5.74) is 10.3. The zero-order chi connectivity index (χ0) is 40.2. The first kappa shape index (κ1) is 37.4. The lowest BCUT2D eigenvalue weighted by molar-refractivity contribution is 1.51. The predicted molar refractivity (Wildman–Crippen MR) is 258 cm³/mol. The highest BCUT2D eigenvalue weighted by Gasteiger charge is 2.37. The van der Waals surface area contributed by atoms with E-state index >= 15 is 0 Å². The van der Waals surface area contributed by atoms with Crippen molar-refractivity contribution in [1.29, 1.82) is 0 Å². The second-order valence-corrected chi connectivity index (χ2v) is 20.4. The van der Waals surface area contributed by atoms with Crippen LogP contribution in [-0.4, -0.2) is 5.84 Å². The molecule has 1 heterocycles. The number of nitrogens with zero attached hydrogens (tertiary/aromatic N) is 3. The van der Waals surface area contributed by atoms with E-state index in [0.29, 0.717) is 0 Å². The third-order valence-electron chi connectivity index (χ3n) is 11.1. The second-order valence-electron chi connectivity index (χ2n) is 14.8. The zero-order valence-electron chi connectivity index (χ0n) is 32.9. The van der Waals surface area contributed by atoms with Crippen molar-refractivity contribution in [3.8, 4) is 44.5 Å². The molecule has 0 fully saturated rings. The Labute approximate surface area is 352 Å². The summed E-state index contributed by atoms with van der Waals surface area (Å²) < 4.78 is 17.9. The van der Waals surface area contributed by atoms with Crippen LogP contribution in [-0.2, 0) is 0 Å². The minimum atomic E-state index is -2.96. The Balaban J connectivity index is 1.27. The Bertz CT molecular complexity index is 2680. The summed E-state index contributed by atoms with van der Waals surface area (Å²) in [7, 11) is -5.93. The van der Waals surface area contributed by atoms with Crippen molar-refractivity contribution in [2.24, 2.45) is 14.0 Å². The summed E-state index contributed by atoms with van der Waals surface area (Å²) in [5.74, 6) is 0.728. The SMILES string of the molecule is c1ccc(C2=NP(c3ccc(-c4ccccc4)cc3)(c3ccc(-c4ccccc4)cc3)=NP(c3ccc(-c4ccccc4)cc3)(c3ccc(-c4ccccc4)cc3)=N2)cc1. The third kappa shape index (κ3) is 7.24. The molecule has 0 atom stereocenters. The van der Waals surface area contributed by atoms with E-state index < -0.39 is 14.4 Å². The first-order chi connectivity index (χ1) is 29.7. The van der Waals surface area contributed by atoms with E-state index in [1.165, 1.54) is 22.3 Å². The molecule has 286 valence electrons. The van der Waals surface area contributed by atoms with Crippen LogP contribution in [0.25, 0.3) is 44.5 Å². The molecular formula is C55H41N3P2. The van der Waals surface area contributed by atoms with E-state index in [4.69, 9.17) is 14.0 Å². The molecule has 60 heavy (non-hydrogen) atoms. The van der Waals surface area contributed by atoms with Crippen molar-refractivity contribution < 1.29 is 0 Å². The standard InChI is InChI=1S/C55H41N3P2/c1-6-16-42(17-7-1)46-26-34-51(35-27-46)59(52-36-28-47(29-37-52)43-18-8-2-9-19-43)56-55(50-24-14-5-15-25-50)57-60(58-59,53-38-30-48(31-39-53)44-20-10-3-11-21-44)54-40-32-49(33-41-54)45-22-12-4-13-23-45/h1-41H. The first-order valence-electron chi connectivity index (χ1n) is 20.2. The van der Waals surface area contributed by atoms with Crippen LogP contribution in [0.1, 0.15) is 5.56 Å². The van der Waals surface area contributed by atoms with Crippen LogP contribution >= 0.6 is 14.4 Å². The molecule has 0 radical (unpaired) electrons. The van der Waals surface area contributed by atoms with Gasteiger partial charge in [-0.3, -0.25) is 0 Å². The maximum absolute atomic E-state index is 6.28. The topological polar surface area (TPSA) is 37.1 Å². The number of hydrogen-bond acceptors (Lipinski definition) is 3. The van der Waals surface area contributed by atoms with Crippen LogP contribution in [0.2, 0.25) is 0 Å². The summed E-state index contributed by atoms with van der Waals surface area (Å²) in [6.07, 6.45) is 0.